The average Bonchev–Trinajstić information content (AvgIpc) is 2.03. The van der Waals surface area contributed by atoms with E-state index in [2.05, 4.69) is 11.9 Å². The Morgan fingerprint density at radius 1 is 1.44 bits per heavy atom. The molecule has 1 atom stereocenters. The van der Waals surface area contributed by atoms with Crippen molar-refractivity contribution in [2.45, 2.75) is 19.4 Å². The van der Waals surface area contributed by atoms with Crippen LogP contribution in [0.2, 0.25) is 0 Å². The van der Waals surface area contributed by atoms with Crippen LogP contribution in [0.15, 0.2) is 12.7 Å². The van der Waals surface area contributed by atoms with Gasteiger partial charge in [0.2, 0.25) is 0 Å². The van der Waals surface area contributed by atoms with E-state index < -0.39 is 7.82 Å². The zero-order valence-corrected chi connectivity index (χ0v) is 10.5. The Kier molecular flexibility index (Phi) is 19.4. The maximum Gasteiger partial charge on any atom is 0.466 e. The maximum atomic E-state index is 8.92. The summed E-state index contributed by atoms with van der Waals surface area (Å²) in [5.41, 5.74) is 0. The minimum atomic E-state index is -4.64. The van der Waals surface area contributed by atoms with Crippen LogP contribution in [-0.4, -0.2) is 51.2 Å². The van der Waals surface area contributed by atoms with Crippen molar-refractivity contribution in [3.05, 3.63) is 12.7 Å². The number of phosphoric acid groups is 1. The highest BCUT2D eigenvalue weighted by Crippen LogP contribution is 2.25. The molecule has 0 saturated carbocycles. The molecule has 0 rings (SSSR count). The zero-order valence-electron chi connectivity index (χ0n) is 9.57. The molecule has 0 fully saturated rings. The first kappa shape index (κ1) is 21.1. The van der Waals surface area contributed by atoms with Gasteiger partial charge in [-0.25, -0.2) is 4.57 Å². The highest BCUT2D eigenvalue weighted by molar-refractivity contribution is 7.45. The Morgan fingerprint density at radius 3 is 1.94 bits per heavy atom. The first-order chi connectivity index (χ1) is 7.22. The topological polar surface area (TPSA) is 130 Å². The summed E-state index contributed by atoms with van der Waals surface area (Å²) in [6, 6.07) is 0. The summed E-state index contributed by atoms with van der Waals surface area (Å²) in [5.74, 6) is 0. The smallest absolute Gasteiger partial charge is 0.397 e. The van der Waals surface area contributed by atoms with Crippen LogP contribution in [0.5, 0.6) is 0 Å². The number of rotatable bonds is 4. The second kappa shape index (κ2) is 14.7. The lowest BCUT2D eigenvalue weighted by Crippen LogP contribution is -2.22. The van der Waals surface area contributed by atoms with E-state index in [4.69, 9.17) is 29.5 Å². The molecule has 0 radical (unpaired) electrons. The van der Waals surface area contributed by atoms with Gasteiger partial charge in [0.1, 0.15) is 0 Å². The highest BCUT2D eigenvalue weighted by Gasteiger charge is 2.00. The normalized spacial score (nSPS) is 11.4. The van der Waals surface area contributed by atoms with Gasteiger partial charge >= 0.3 is 7.82 Å². The van der Waals surface area contributed by atoms with Crippen LogP contribution < -0.4 is 5.32 Å². The monoisotopic (exact) mass is 259 g/mol. The Hall–Kier alpha value is -0.270. The SMILES string of the molecule is C=CCC(O)CNC.CCO.O=P(O)(O)O. The van der Waals surface area contributed by atoms with Crippen LogP contribution in [0, 0.1) is 0 Å². The third kappa shape index (κ3) is 67.8. The summed E-state index contributed by atoms with van der Waals surface area (Å²) >= 11 is 0. The van der Waals surface area contributed by atoms with Crippen LogP contribution in [0.3, 0.4) is 0 Å². The molecule has 0 saturated heterocycles. The van der Waals surface area contributed by atoms with Gasteiger partial charge in [0.15, 0.2) is 0 Å². The molecule has 6 N–H and O–H groups in total. The van der Waals surface area contributed by atoms with E-state index in [0.717, 1.165) is 0 Å². The van der Waals surface area contributed by atoms with Crippen molar-refractivity contribution in [3.63, 3.8) is 0 Å². The molecular weight excluding hydrogens is 237 g/mol. The van der Waals surface area contributed by atoms with Crippen molar-refractivity contribution in [1.29, 1.82) is 0 Å². The molecule has 0 heterocycles. The summed E-state index contributed by atoms with van der Waals surface area (Å²) in [6.45, 7) is 6.07. The lowest BCUT2D eigenvalue weighted by molar-refractivity contribution is 0.178. The fourth-order valence-corrected chi connectivity index (χ4v) is 0.511. The van der Waals surface area contributed by atoms with Gasteiger partial charge in [0, 0.05) is 13.2 Å². The van der Waals surface area contributed by atoms with Gasteiger partial charge in [-0.05, 0) is 20.4 Å². The van der Waals surface area contributed by atoms with Gasteiger partial charge in [0.05, 0.1) is 6.10 Å². The van der Waals surface area contributed by atoms with E-state index >= 15 is 0 Å². The first-order valence-corrected chi connectivity index (χ1v) is 6.12. The standard InChI is InChI=1S/C6H13NO.C2H6O.H3O4P/c1-3-4-6(8)5-7-2;1-2-3;1-5(2,3)4/h3,6-8H,1,4-5H2,2H3;3H,2H2,1H3;(H3,1,2,3,4). The molecule has 0 aliphatic rings. The van der Waals surface area contributed by atoms with Crippen LogP contribution in [0.1, 0.15) is 13.3 Å². The van der Waals surface area contributed by atoms with Crippen molar-refractivity contribution in [2.75, 3.05) is 20.2 Å². The van der Waals surface area contributed by atoms with Crippen molar-refractivity contribution in [3.8, 4) is 0 Å². The summed E-state index contributed by atoms with van der Waals surface area (Å²) in [6.07, 6.45) is 2.11. The van der Waals surface area contributed by atoms with Gasteiger partial charge in [-0.3, -0.25) is 0 Å². The van der Waals surface area contributed by atoms with Crippen LogP contribution in [0.4, 0.5) is 0 Å². The molecule has 0 aliphatic carbocycles. The number of likely N-dealkylation sites (N-methyl/N-ethyl adjacent to an activating group) is 1. The van der Waals surface area contributed by atoms with Crippen LogP contribution >= 0.6 is 7.82 Å². The third-order valence-corrected chi connectivity index (χ3v) is 0.878. The van der Waals surface area contributed by atoms with Gasteiger partial charge < -0.3 is 30.2 Å². The Bertz CT molecular complexity index is 175. The number of nitrogens with one attached hydrogen (secondary N) is 1. The summed E-state index contributed by atoms with van der Waals surface area (Å²) < 4.78 is 8.88. The van der Waals surface area contributed by atoms with Crippen LogP contribution in [0.25, 0.3) is 0 Å². The molecule has 8 heteroatoms. The van der Waals surface area contributed by atoms with Crippen molar-refractivity contribution >= 4 is 7.82 Å². The van der Waals surface area contributed by atoms with Gasteiger partial charge in [-0.1, -0.05) is 6.08 Å². The van der Waals surface area contributed by atoms with E-state index in [1.165, 1.54) is 0 Å². The molecule has 0 amide bonds. The summed E-state index contributed by atoms with van der Waals surface area (Å²) in [7, 11) is -2.83. The van der Waals surface area contributed by atoms with Gasteiger partial charge in [0.25, 0.3) is 0 Å². The van der Waals surface area contributed by atoms with E-state index in [-0.39, 0.29) is 12.7 Å². The molecule has 100 valence electrons. The fraction of sp³-hybridized carbons (Fsp3) is 0.750. The zero-order chi connectivity index (χ0) is 13.6. The van der Waals surface area contributed by atoms with Crippen molar-refractivity contribution in [1.82, 2.24) is 5.32 Å². The van der Waals surface area contributed by atoms with E-state index in [0.29, 0.717) is 13.0 Å². The number of hydrogen-bond acceptors (Lipinski definition) is 4. The first-order valence-electron chi connectivity index (χ1n) is 4.55. The van der Waals surface area contributed by atoms with Gasteiger partial charge in [-0.15, -0.1) is 6.58 Å². The molecule has 7 nitrogen and oxygen atoms in total. The summed E-state index contributed by atoms with van der Waals surface area (Å²) in [4.78, 5) is 21.6. The molecule has 0 spiro atoms. The second-order valence-corrected chi connectivity index (χ2v) is 3.59. The maximum absolute atomic E-state index is 8.92. The minimum Gasteiger partial charge on any atom is -0.397 e. The number of hydrogen-bond donors (Lipinski definition) is 6. The van der Waals surface area contributed by atoms with E-state index in [9.17, 15) is 0 Å². The molecule has 0 aromatic heterocycles. The van der Waals surface area contributed by atoms with Gasteiger partial charge in [-0.2, -0.15) is 0 Å². The van der Waals surface area contributed by atoms with Crippen molar-refractivity contribution in [2.24, 2.45) is 0 Å². The molecule has 16 heavy (non-hydrogen) atoms. The minimum absolute atomic E-state index is 0.250. The molecule has 0 aromatic carbocycles. The average molecular weight is 259 g/mol. The molecular formula is C8H22NO6P. The van der Waals surface area contributed by atoms with E-state index in [1.807, 2.05) is 7.05 Å². The second-order valence-electron chi connectivity index (χ2n) is 2.57. The summed E-state index contributed by atoms with van der Waals surface area (Å²) in [5, 5.41) is 19.3. The quantitative estimate of drug-likeness (QED) is 0.288. The predicted molar refractivity (Wildman–Crippen MR) is 61.8 cm³/mol. The largest absolute Gasteiger partial charge is 0.466 e. The molecule has 0 aliphatic heterocycles. The van der Waals surface area contributed by atoms with Crippen molar-refractivity contribution < 1.29 is 29.5 Å². The Balaban J connectivity index is -0.000000181. The highest BCUT2D eigenvalue weighted by atomic mass is 31.2. The lowest BCUT2D eigenvalue weighted by atomic mass is 10.2. The number of aliphatic hydroxyl groups is 2. The Labute approximate surface area is 95.7 Å². The lowest BCUT2D eigenvalue weighted by Gasteiger charge is -2.04. The van der Waals surface area contributed by atoms with E-state index in [1.54, 1.807) is 13.0 Å². The van der Waals surface area contributed by atoms with Crippen LogP contribution in [-0.2, 0) is 4.57 Å². The molecule has 0 bridgehead atoms. The predicted octanol–water partition coefficient (Wildman–Crippen LogP) is -0.787. The fourth-order valence-electron chi connectivity index (χ4n) is 0.511. The molecule has 1 unspecified atom stereocenters. The third-order valence-electron chi connectivity index (χ3n) is 0.878. The number of aliphatic hydroxyl groups excluding tert-OH is 2. The molecule has 0 aromatic rings. The Morgan fingerprint density at radius 2 is 1.75 bits per heavy atom.